The van der Waals surface area contributed by atoms with E-state index in [-0.39, 0.29) is 15.6 Å². The van der Waals surface area contributed by atoms with Gasteiger partial charge < -0.3 is 4.84 Å². The molecule has 2 atom stereocenters. The highest BCUT2D eigenvalue weighted by Crippen LogP contribution is 2.37. The van der Waals surface area contributed by atoms with Crippen molar-refractivity contribution in [3.63, 3.8) is 0 Å². The molecule has 2 unspecified atom stereocenters. The number of benzene rings is 1. The quantitative estimate of drug-likeness (QED) is 0.766. The molecular formula is C10H5Cl2F3NO. The molecule has 1 aliphatic heterocycles. The molecule has 17 heavy (non-hydrogen) atoms. The highest BCUT2D eigenvalue weighted by molar-refractivity contribution is 6.34. The van der Waals surface area contributed by atoms with E-state index in [0.29, 0.717) is 0 Å². The van der Waals surface area contributed by atoms with Crippen molar-refractivity contribution >= 4 is 29.4 Å². The SMILES string of the molecule is FC(F)(F)C1ON=[C]C1c1cc(Cl)cc(Cl)c1. The van der Waals surface area contributed by atoms with E-state index in [4.69, 9.17) is 23.2 Å². The van der Waals surface area contributed by atoms with E-state index in [2.05, 4.69) is 16.2 Å². The molecule has 0 spiro atoms. The van der Waals surface area contributed by atoms with Crippen molar-refractivity contribution in [1.82, 2.24) is 0 Å². The van der Waals surface area contributed by atoms with Gasteiger partial charge in [-0.05, 0) is 23.8 Å². The lowest BCUT2D eigenvalue weighted by atomic mass is 9.95. The Balaban J connectivity index is 2.35. The average molecular weight is 283 g/mol. The van der Waals surface area contributed by atoms with Gasteiger partial charge >= 0.3 is 6.18 Å². The second kappa shape index (κ2) is 4.38. The summed E-state index contributed by atoms with van der Waals surface area (Å²) in [6.45, 7) is 0. The first-order valence-corrected chi connectivity index (χ1v) is 5.27. The van der Waals surface area contributed by atoms with Crippen molar-refractivity contribution in [3.8, 4) is 0 Å². The lowest BCUT2D eigenvalue weighted by molar-refractivity contribution is -0.216. The van der Waals surface area contributed by atoms with Crippen LogP contribution in [0, 0.1) is 0 Å². The fraction of sp³-hybridized carbons (Fsp3) is 0.300. The van der Waals surface area contributed by atoms with Gasteiger partial charge in [0.2, 0.25) is 6.10 Å². The molecular weight excluding hydrogens is 278 g/mol. The first-order valence-electron chi connectivity index (χ1n) is 4.52. The van der Waals surface area contributed by atoms with Crippen molar-refractivity contribution in [3.05, 3.63) is 33.8 Å². The van der Waals surface area contributed by atoms with Gasteiger partial charge in [0.25, 0.3) is 0 Å². The van der Waals surface area contributed by atoms with Gasteiger partial charge in [0.15, 0.2) is 0 Å². The molecule has 0 bridgehead atoms. The Kier molecular flexibility index (Phi) is 3.23. The number of alkyl halides is 3. The van der Waals surface area contributed by atoms with Crippen molar-refractivity contribution in [2.24, 2.45) is 5.16 Å². The normalized spacial score (nSPS) is 23.8. The predicted octanol–water partition coefficient (Wildman–Crippen LogP) is 3.90. The summed E-state index contributed by atoms with van der Waals surface area (Å²) in [6, 6.07) is 4.20. The van der Waals surface area contributed by atoms with Crippen molar-refractivity contribution in [1.29, 1.82) is 0 Å². The van der Waals surface area contributed by atoms with Crippen LogP contribution in [-0.2, 0) is 4.84 Å². The summed E-state index contributed by atoms with van der Waals surface area (Å²) in [6.07, 6.45) is -4.32. The average Bonchev–Trinajstić information content (AvgIpc) is 2.63. The minimum absolute atomic E-state index is 0.252. The second-order valence-corrected chi connectivity index (χ2v) is 4.34. The van der Waals surface area contributed by atoms with Gasteiger partial charge in [-0.15, -0.1) is 0 Å². The van der Waals surface area contributed by atoms with Crippen molar-refractivity contribution < 1.29 is 18.0 Å². The Labute approximate surface area is 105 Å². The standard InChI is InChI=1S/C10H5Cl2F3NO/c11-6-1-5(2-7(12)3-6)8-4-16-17-9(8)10(13,14)15/h1-3,8-9H. The lowest BCUT2D eigenvalue weighted by Gasteiger charge is -2.19. The molecule has 2 nitrogen and oxygen atoms in total. The van der Waals surface area contributed by atoms with Gasteiger partial charge in [-0.1, -0.05) is 28.4 Å². The predicted molar refractivity (Wildman–Crippen MR) is 57.6 cm³/mol. The summed E-state index contributed by atoms with van der Waals surface area (Å²) < 4.78 is 37.8. The molecule has 0 fully saturated rings. The van der Waals surface area contributed by atoms with Crippen LogP contribution in [-0.4, -0.2) is 18.5 Å². The summed E-state index contributed by atoms with van der Waals surface area (Å²) >= 11 is 11.5. The van der Waals surface area contributed by atoms with E-state index in [1.54, 1.807) is 0 Å². The summed E-state index contributed by atoms with van der Waals surface area (Å²) in [5, 5.41) is 3.60. The zero-order valence-electron chi connectivity index (χ0n) is 8.13. The van der Waals surface area contributed by atoms with E-state index in [0.717, 1.165) is 0 Å². The van der Waals surface area contributed by atoms with Gasteiger partial charge in [0.1, 0.15) is 6.21 Å². The summed E-state index contributed by atoms with van der Waals surface area (Å²) in [5.41, 5.74) is 0.270. The van der Waals surface area contributed by atoms with Crippen LogP contribution in [0.5, 0.6) is 0 Å². The van der Waals surface area contributed by atoms with Crippen molar-refractivity contribution in [2.45, 2.75) is 18.2 Å². The molecule has 0 saturated carbocycles. The monoisotopic (exact) mass is 282 g/mol. The molecule has 0 saturated heterocycles. The van der Waals surface area contributed by atoms with Crippen LogP contribution in [0.1, 0.15) is 11.5 Å². The fourth-order valence-electron chi connectivity index (χ4n) is 1.53. The van der Waals surface area contributed by atoms with Gasteiger partial charge in [0.05, 0.1) is 5.92 Å². The highest BCUT2D eigenvalue weighted by Gasteiger charge is 2.50. The number of halogens is 5. The summed E-state index contributed by atoms with van der Waals surface area (Å²) in [4.78, 5) is 4.27. The van der Waals surface area contributed by atoms with E-state index in [1.807, 2.05) is 0 Å². The van der Waals surface area contributed by atoms with Crippen LogP contribution in [0.2, 0.25) is 10.0 Å². The zero-order chi connectivity index (χ0) is 12.6. The van der Waals surface area contributed by atoms with Crippen LogP contribution < -0.4 is 0 Å². The third-order valence-electron chi connectivity index (χ3n) is 2.23. The number of hydrogen-bond donors (Lipinski definition) is 0. The number of hydrogen-bond acceptors (Lipinski definition) is 2. The van der Waals surface area contributed by atoms with Crippen LogP contribution in [0.25, 0.3) is 0 Å². The Bertz CT molecular complexity index is 441. The van der Waals surface area contributed by atoms with Gasteiger partial charge in [-0.2, -0.15) is 13.2 Å². The molecule has 0 amide bonds. The van der Waals surface area contributed by atoms with Crippen LogP contribution in [0.3, 0.4) is 0 Å². The molecule has 1 aliphatic rings. The molecule has 0 N–H and O–H groups in total. The molecule has 91 valence electrons. The molecule has 1 radical (unpaired) electrons. The minimum Gasteiger partial charge on any atom is -0.381 e. The first kappa shape index (κ1) is 12.5. The van der Waals surface area contributed by atoms with E-state index in [9.17, 15) is 13.2 Å². The molecule has 0 aromatic heterocycles. The summed E-state index contributed by atoms with van der Waals surface area (Å²) in [7, 11) is 0. The largest absolute Gasteiger partial charge is 0.429 e. The zero-order valence-corrected chi connectivity index (χ0v) is 9.64. The summed E-state index contributed by atoms with van der Waals surface area (Å²) in [5.74, 6) is -1.15. The third-order valence-corrected chi connectivity index (χ3v) is 2.66. The molecule has 0 aliphatic carbocycles. The van der Waals surface area contributed by atoms with E-state index < -0.39 is 18.2 Å². The smallest absolute Gasteiger partial charge is 0.381 e. The number of nitrogens with zero attached hydrogens (tertiary/aromatic N) is 1. The van der Waals surface area contributed by atoms with Gasteiger partial charge in [0, 0.05) is 10.0 Å². The maximum Gasteiger partial charge on any atom is 0.429 e. The first-order chi connectivity index (χ1) is 7.88. The Morgan fingerprint density at radius 2 is 1.76 bits per heavy atom. The lowest BCUT2D eigenvalue weighted by Crippen LogP contribution is -2.33. The van der Waals surface area contributed by atoms with Crippen molar-refractivity contribution in [2.75, 3.05) is 0 Å². The van der Waals surface area contributed by atoms with Gasteiger partial charge in [-0.3, -0.25) is 0 Å². The van der Waals surface area contributed by atoms with Gasteiger partial charge in [-0.25, -0.2) is 0 Å². The van der Waals surface area contributed by atoms with E-state index >= 15 is 0 Å². The maximum atomic E-state index is 12.6. The minimum atomic E-state index is -4.52. The van der Waals surface area contributed by atoms with E-state index in [1.165, 1.54) is 18.2 Å². The molecule has 1 aromatic carbocycles. The number of rotatable bonds is 1. The Hall–Kier alpha value is -0.940. The second-order valence-electron chi connectivity index (χ2n) is 3.47. The molecule has 7 heteroatoms. The maximum absolute atomic E-state index is 12.6. The van der Waals surface area contributed by atoms with Crippen LogP contribution in [0.4, 0.5) is 13.2 Å². The molecule has 1 aromatic rings. The van der Waals surface area contributed by atoms with Crippen LogP contribution >= 0.6 is 23.2 Å². The Morgan fingerprint density at radius 3 is 2.29 bits per heavy atom. The Morgan fingerprint density at radius 1 is 1.18 bits per heavy atom. The fourth-order valence-corrected chi connectivity index (χ4v) is 2.07. The van der Waals surface area contributed by atoms with Crippen LogP contribution in [0.15, 0.2) is 23.4 Å². The highest BCUT2D eigenvalue weighted by atomic mass is 35.5. The topological polar surface area (TPSA) is 21.6 Å². The molecule has 2 rings (SSSR count). The molecule has 1 heterocycles. The third kappa shape index (κ3) is 2.66.